The maximum absolute atomic E-state index is 12.5. The number of rotatable bonds is 5. The summed E-state index contributed by atoms with van der Waals surface area (Å²) in [4.78, 5) is 23.0. The van der Waals surface area contributed by atoms with Gasteiger partial charge in [-0.2, -0.15) is 0 Å². The Kier molecular flexibility index (Phi) is 4.76. The Balaban J connectivity index is 1.90. The summed E-state index contributed by atoms with van der Waals surface area (Å²) in [6, 6.07) is 10.0. The molecule has 0 amide bonds. The van der Waals surface area contributed by atoms with Gasteiger partial charge >= 0.3 is 5.97 Å². The van der Waals surface area contributed by atoms with Gasteiger partial charge in [0.15, 0.2) is 12.4 Å². The van der Waals surface area contributed by atoms with E-state index in [1.165, 1.54) is 12.1 Å². The smallest absolute Gasteiger partial charge is 0.341 e. The molecule has 1 N–H and O–H groups in total. The van der Waals surface area contributed by atoms with E-state index in [2.05, 4.69) is 15.9 Å². The molecular formula is C18H13BrO6. The van der Waals surface area contributed by atoms with E-state index in [4.69, 9.17) is 19.3 Å². The zero-order valence-corrected chi connectivity index (χ0v) is 14.7. The number of halogens is 1. The molecule has 2 aromatic carbocycles. The molecule has 0 spiro atoms. The van der Waals surface area contributed by atoms with Crippen molar-refractivity contribution in [3.63, 3.8) is 0 Å². The summed E-state index contributed by atoms with van der Waals surface area (Å²) >= 11 is 3.38. The van der Waals surface area contributed by atoms with Gasteiger partial charge < -0.3 is 19.3 Å². The number of methoxy groups -OCH3 is 1. The molecule has 25 heavy (non-hydrogen) atoms. The lowest BCUT2D eigenvalue weighted by Gasteiger charge is -2.06. The number of fused-ring (bicyclic) bond motifs is 1. The van der Waals surface area contributed by atoms with E-state index in [-0.39, 0.29) is 11.5 Å². The molecule has 0 aliphatic carbocycles. The maximum atomic E-state index is 12.5. The van der Waals surface area contributed by atoms with Gasteiger partial charge in [0, 0.05) is 16.1 Å². The lowest BCUT2D eigenvalue weighted by molar-refractivity contribution is -0.139. The molecule has 0 saturated heterocycles. The zero-order valence-electron chi connectivity index (χ0n) is 13.1. The third kappa shape index (κ3) is 3.66. The first-order chi connectivity index (χ1) is 12.0. The number of Topliss-reactive ketones (excluding diaryl/α,β-unsaturated/α-hetero) is 1. The van der Waals surface area contributed by atoms with Crippen LogP contribution in [0, 0.1) is 0 Å². The van der Waals surface area contributed by atoms with Crippen LogP contribution >= 0.6 is 15.9 Å². The third-order valence-corrected chi connectivity index (χ3v) is 3.98. The fourth-order valence-corrected chi connectivity index (χ4v) is 2.74. The van der Waals surface area contributed by atoms with Crippen LogP contribution in [0.4, 0.5) is 0 Å². The molecule has 1 heterocycles. The summed E-state index contributed by atoms with van der Waals surface area (Å²) in [5.41, 5.74) is 1.08. The predicted molar refractivity (Wildman–Crippen MR) is 93.2 cm³/mol. The highest BCUT2D eigenvalue weighted by atomic mass is 79.9. The van der Waals surface area contributed by atoms with Gasteiger partial charge in [0.1, 0.15) is 17.2 Å². The summed E-state index contributed by atoms with van der Waals surface area (Å²) in [5, 5.41) is 8.65. The van der Waals surface area contributed by atoms with Gasteiger partial charge in [0.05, 0.1) is 12.7 Å². The van der Waals surface area contributed by atoms with Crippen molar-refractivity contribution >= 4 is 33.8 Å². The van der Waals surface area contributed by atoms with Crippen LogP contribution in [0.1, 0.15) is 15.9 Å². The van der Waals surface area contributed by atoms with Gasteiger partial charge in [-0.05, 0) is 36.4 Å². The van der Waals surface area contributed by atoms with E-state index >= 15 is 0 Å². The van der Waals surface area contributed by atoms with Crippen LogP contribution in [0.3, 0.4) is 0 Å². The molecule has 0 unspecified atom stereocenters. The molecule has 2 aromatic rings. The summed E-state index contributed by atoms with van der Waals surface area (Å²) in [7, 11) is 1.55. The number of ketones is 1. The minimum absolute atomic E-state index is 0.154. The number of ether oxygens (including phenoxy) is 3. The molecular weight excluding hydrogens is 392 g/mol. The average Bonchev–Trinajstić information content (AvgIpc) is 2.89. The Morgan fingerprint density at radius 2 is 2.08 bits per heavy atom. The van der Waals surface area contributed by atoms with Crippen molar-refractivity contribution in [1.82, 2.24) is 0 Å². The molecule has 0 aromatic heterocycles. The molecule has 0 bridgehead atoms. The number of allylic oxidation sites excluding steroid dienone is 1. The fourth-order valence-electron chi connectivity index (χ4n) is 2.36. The lowest BCUT2D eigenvalue weighted by Crippen LogP contribution is -2.09. The van der Waals surface area contributed by atoms with Crippen molar-refractivity contribution in [3.05, 3.63) is 57.8 Å². The molecule has 1 aliphatic rings. The van der Waals surface area contributed by atoms with E-state index in [1.54, 1.807) is 25.3 Å². The van der Waals surface area contributed by atoms with Crippen molar-refractivity contribution in [2.24, 2.45) is 0 Å². The Bertz CT molecular complexity index is 887. The topological polar surface area (TPSA) is 82.1 Å². The summed E-state index contributed by atoms with van der Waals surface area (Å²) in [6.07, 6.45) is 1.60. The van der Waals surface area contributed by atoms with Gasteiger partial charge in [-0.3, -0.25) is 4.79 Å². The lowest BCUT2D eigenvalue weighted by atomic mass is 10.1. The Hall–Kier alpha value is -2.80. The molecule has 0 atom stereocenters. The van der Waals surface area contributed by atoms with E-state index in [0.717, 1.165) is 4.47 Å². The first-order valence-corrected chi connectivity index (χ1v) is 8.03. The standard InChI is InChI=1S/C18H13BrO6/c1-23-14-5-2-11(19)6-10(14)7-16-18(22)13-4-3-12(8-15(13)25-16)24-9-17(20)21/h2-8H,9H2,1H3,(H,20,21). The van der Waals surface area contributed by atoms with E-state index in [1.807, 2.05) is 12.1 Å². The second kappa shape index (κ2) is 6.98. The van der Waals surface area contributed by atoms with E-state index < -0.39 is 12.6 Å². The minimum atomic E-state index is -1.08. The van der Waals surface area contributed by atoms with Gasteiger partial charge in [-0.25, -0.2) is 4.79 Å². The molecule has 128 valence electrons. The second-order valence-corrected chi connectivity index (χ2v) is 6.08. The molecule has 7 heteroatoms. The van der Waals surface area contributed by atoms with Crippen LogP contribution in [-0.2, 0) is 4.79 Å². The first kappa shape index (κ1) is 17.0. The highest BCUT2D eigenvalue weighted by molar-refractivity contribution is 9.10. The second-order valence-electron chi connectivity index (χ2n) is 5.17. The maximum Gasteiger partial charge on any atom is 0.341 e. The van der Waals surface area contributed by atoms with Gasteiger partial charge in [-0.1, -0.05) is 15.9 Å². The number of aliphatic carboxylic acids is 1. The predicted octanol–water partition coefficient (Wildman–Crippen LogP) is 3.54. The highest BCUT2D eigenvalue weighted by Gasteiger charge is 2.28. The van der Waals surface area contributed by atoms with Crippen molar-refractivity contribution in [3.8, 4) is 17.2 Å². The van der Waals surface area contributed by atoms with Gasteiger partial charge in [-0.15, -0.1) is 0 Å². The quantitative estimate of drug-likeness (QED) is 0.767. The first-order valence-electron chi connectivity index (χ1n) is 7.24. The van der Waals surface area contributed by atoms with Crippen molar-refractivity contribution in [2.75, 3.05) is 13.7 Å². The van der Waals surface area contributed by atoms with Crippen LogP contribution < -0.4 is 14.2 Å². The van der Waals surface area contributed by atoms with Crippen molar-refractivity contribution in [2.45, 2.75) is 0 Å². The molecule has 6 nitrogen and oxygen atoms in total. The van der Waals surface area contributed by atoms with E-state index in [0.29, 0.717) is 28.4 Å². The number of benzene rings is 2. The Morgan fingerprint density at radius 1 is 1.28 bits per heavy atom. The monoisotopic (exact) mass is 404 g/mol. The van der Waals surface area contributed by atoms with Gasteiger partial charge in [0.25, 0.3) is 0 Å². The van der Waals surface area contributed by atoms with Crippen LogP contribution in [0.2, 0.25) is 0 Å². The number of carbonyl (C=O) groups excluding carboxylic acids is 1. The molecule has 0 saturated carbocycles. The summed E-state index contributed by atoms with van der Waals surface area (Å²) in [6.45, 7) is -0.468. The van der Waals surface area contributed by atoms with Gasteiger partial charge in [0.2, 0.25) is 5.78 Å². The van der Waals surface area contributed by atoms with Crippen LogP contribution in [-0.4, -0.2) is 30.6 Å². The van der Waals surface area contributed by atoms with Crippen molar-refractivity contribution in [1.29, 1.82) is 0 Å². The number of hydrogen-bond donors (Lipinski definition) is 1. The average molecular weight is 405 g/mol. The number of carboxylic acid groups (broad SMARTS) is 1. The number of carbonyl (C=O) groups is 2. The Morgan fingerprint density at radius 3 is 2.80 bits per heavy atom. The normalized spacial score (nSPS) is 14.2. The molecule has 0 radical (unpaired) electrons. The number of carboxylic acids is 1. The largest absolute Gasteiger partial charge is 0.496 e. The van der Waals surface area contributed by atoms with Crippen molar-refractivity contribution < 1.29 is 28.9 Å². The molecule has 3 rings (SSSR count). The summed E-state index contributed by atoms with van der Waals surface area (Å²) < 4.78 is 16.8. The molecule has 1 aliphatic heterocycles. The fraction of sp³-hybridized carbons (Fsp3) is 0.111. The SMILES string of the molecule is COc1ccc(Br)cc1C=C1Oc2cc(OCC(=O)O)ccc2C1=O. The van der Waals surface area contributed by atoms with Crippen LogP contribution in [0.25, 0.3) is 6.08 Å². The molecule has 0 fully saturated rings. The Labute approximate surface area is 151 Å². The highest BCUT2D eigenvalue weighted by Crippen LogP contribution is 2.36. The van der Waals surface area contributed by atoms with Crippen LogP contribution in [0.15, 0.2) is 46.6 Å². The third-order valence-electron chi connectivity index (χ3n) is 3.48. The zero-order chi connectivity index (χ0) is 18.0. The van der Waals surface area contributed by atoms with E-state index in [9.17, 15) is 9.59 Å². The van der Waals surface area contributed by atoms with Crippen LogP contribution in [0.5, 0.6) is 17.2 Å². The number of hydrogen-bond acceptors (Lipinski definition) is 5. The summed E-state index contributed by atoms with van der Waals surface area (Å²) in [5.74, 6) is 0.0558. The minimum Gasteiger partial charge on any atom is -0.496 e.